The molecule has 0 spiro atoms. The van der Waals surface area contributed by atoms with E-state index in [0.29, 0.717) is 6.61 Å². The molecule has 0 aromatic heterocycles. The molecule has 0 radical (unpaired) electrons. The van der Waals surface area contributed by atoms with Crippen LogP contribution in [0, 0.1) is 0 Å². The Morgan fingerprint density at radius 2 is 1.94 bits per heavy atom. The second kappa shape index (κ2) is 7.39. The van der Waals surface area contributed by atoms with Crippen molar-refractivity contribution in [3.8, 4) is 0 Å². The highest BCUT2D eigenvalue weighted by atomic mass is 16.5. The number of methoxy groups -OCH3 is 1. The van der Waals surface area contributed by atoms with Crippen LogP contribution in [-0.4, -0.2) is 33.4 Å². The van der Waals surface area contributed by atoms with Crippen LogP contribution in [0.4, 0.5) is 0 Å². The first-order valence-electron chi connectivity index (χ1n) is 5.66. The van der Waals surface area contributed by atoms with Gasteiger partial charge < -0.3 is 14.8 Å². The molecule has 2 atom stereocenters. The third-order valence-electron chi connectivity index (χ3n) is 2.62. The van der Waals surface area contributed by atoms with Gasteiger partial charge in [-0.25, -0.2) is 0 Å². The van der Waals surface area contributed by atoms with E-state index in [-0.39, 0.29) is 12.1 Å². The lowest BCUT2D eigenvalue weighted by molar-refractivity contribution is 0.0257. The topological polar surface area (TPSA) is 30.5 Å². The predicted octanol–water partition coefficient (Wildman–Crippen LogP) is 2.00. The van der Waals surface area contributed by atoms with Crippen molar-refractivity contribution in [1.82, 2.24) is 5.32 Å². The number of ether oxygens (including phenoxy) is 2. The van der Waals surface area contributed by atoms with E-state index in [4.69, 9.17) is 9.47 Å². The van der Waals surface area contributed by atoms with Gasteiger partial charge in [-0.15, -0.1) is 0 Å². The van der Waals surface area contributed by atoms with Crippen molar-refractivity contribution in [3.63, 3.8) is 0 Å². The van der Waals surface area contributed by atoms with Crippen LogP contribution in [0.2, 0.25) is 0 Å². The highest BCUT2D eigenvalue weighted by Crippen LogP contribution is 2.20. The van der Waals surface area contributed by atoms with E-state index in [1.54, 1.807) is 7.11 Å². The smallest absolute Gasteiger partial charge is 0.0996 e. The molecule has 1 aromatic carbocycles. The number of likely N-dealkylation sites (N-methyl/N-ethyl adjacent to an activating group) is 1. The molecule has 2 unspecified atom stereocenters. The normalized spacial score (nSPS) is 14.7. The average molecular weight is 223 g/mol. The Bertz CT molecular complexity index is 277. The quantitative estimate of drug-likeness (QED) is 0.767. The molecule has 0 aliphatic heterocycles. The van der Waals surface area contributed by atoms with Crippen molar-refractivity contribution in [3.05, 3.63) is 35.9 Å². The number of nitrogens with one attached hydrogen (secondary N) is 1. The third kappa shape index (κ3) is 3.59. The van der Waals surface area contributed by atoms with Crippen molar-refractivity contribution in [2.24, 2.45) is 0 Å². The molecule has 0 saturated carbocycles. The van der Waals surface area contributed by atoms with Crippen LogP contribution < -0.4 is 5.32 Å². The van der Waals surface area contributed by atoms with Crippen molar-refractivity contribution in [2.45, 2.75) is 19.1 Å². The van der Waals surface area contributed by atoms with Crippen molar-refractivity contribution in [2.75, 3.05) is 27.4 Å². The molecule has 0 aliphatic carbocycles. The number of benzene rings is 1. The van der Waals surface area contributed by atoms with E-state index >= 15 is 0 Å². The fourth-order valence-electron chi connectivity index (χ4n) is 1.74. The van der Waals surface area contributed by atoms with Crippen molar-refractivity contribution >= 4 is 0 Å². The molecule has 0 saturated heterocycles. The molecule has 3 heteroatoms. The van der Waals surface area contributed by atoms with Crippen LogP contribution in [0.3, 0.4) is 0 Å². The average Bonchev–Trinajstić information content (AvgIpc) is 2.35. The SMILES string of the molecule is CCOCC(NC)C(OC)c1ccccc1. The van der Waals surface area contributed by atoms with Gasteiger partial charge in [-0.2, -0.15) is 0 Å². The molecular weight excluding hydrogens is 202 g/mol. The summed E-state index contributed by atoms with van der Waals surface area (Å²) in [5.41, 5.74) is 1.17. The fourth-order valence-corrected chi connectivity index (χ4v) is 1.74. The molecule has 1 rings (SSSR count). The minimum atomic E-state index is 0.0257. The summed E-state index contributed by atoms with van der Waals surface area (Å²) in [6.07, 6.45) is 0.0257. The standard InChI is InChI=1S/C13H21NO2/c1-4-16-10-12(14-2)13(15-3)11-8-6-5-7-9-11/h5-9,12-14H,4,10H2,1-3H3. The van der Waals surface area contributed by atoms with Gasteiger partial charge in [0.05, 0.1) is 18.8 Å². The molecule has 16 heavy (non-hydrogen) atoms. The Morgan fingerprint density at radius 1 is 1.25 bits per heavy atom. The zero-order valence-electron chi connectivity index (χ0n) is 10.3. The molecule has 1 N–H and O–H groups in total. The van der Waals surface area contributed by atoms with E-state index in [1.807, 2.05) is 32.2 Å². The monoisotopic (exact) mass is 223 g/mol. The van der Waals surface area contributed by atoms with E-state index in [9.17, 15) is 0 Å². The fraction of sp³-hybridized carbons (Fsp3) is 0.538. The zero-order valence-corrected chi connectivity index (χ0v) is 10.3. The first kappa shape index (κ1) is 13.2. The maximum absolute atomic E-state index is 5.54. The summed E-state index contributed by atoms with van der Waals surface area (Å²) in [5, 5.41) is 3.24. The van der Waals surface area contributed by atoms with Crippen LogP contribution in [0.1, 0.15) is 18.6 Å². The lowest BCUT2D eigenvalue weighted by atomic mass is 10.0. The highest BCUT2D eigenvalue weighted by molar-refractivity contribution is 5.19. The molecule has 3 nitrogen and oxygen atoms in total. The number of rotatable bonds is 7. The summed E-state index contributed by atoms with van der Waals surface area (Å²) in [7, 11) is 3.66. The van der Waals surface area contributed by atoms with Gasteiger partial charge in [-0.1, -0.05) is 30.3 Å². The molecule has 0 amide bonds. The largest absolute Gasteiger partial charge is 0.380 e. The minimum absolute atomic E-state index is 0.0257. The second-order valence-electron chi connectivity index (χ2n) is 3.62. The Kier molecular flexibility index (Phi) is 6.08. The summed E-state index contributed by atoms with van der Waals surface area (Å²) in [6, 6.07) is 10.4. The Balaban J connectivity index is 2.71. The van der Waals surface area contributed by atoms with Gasteiger partial charge in [0, 0.05) is 13.7 Å². The molecule has 0 fully saturated rings. The molecule has 90 valence electrons. The highest BCUT2D eigenvalue weighted by Gasteiger charge is 2.21. The lowest BCUT2D eigenvalue weighted by Gasteiger charge is -2.25. The minimum Gasteiger partial charge on any atom is -0.380 e. The third-order valence-corrected chi connectivity index (χ3v) is 2.62. The van der Waals surface area contributed by atoms with Crippen LogP contribution in [0.25, 0.3) is 0 Å². The number of hydrogen-bond donors (Lipinski definition) is 1. The maximum atomic E-state index is 5.54. The molecular formula is C13H21NO2. The molecule has 0 aliphatic rings. The first-order chi connectivity index (χ1) is 7.83. The molecule has 0 heterocycles. The van der Waals surface area contributed by atoms with Gasteiger partial charge in [-0.3, -0.25) is 0 Å². The second-order valence-corrected chi connectivity index (χ2v) is 3.62. The summed E-state index contributed by atoms with van der Waals surface area (Å²) < 4.78 is 11.0. The summed E-state index contributed by atoms with van der Waals surface area (Å²) in [4.78, 5) is 0. The van der Waals surface area contributed by atoms with Gasteiger partial charge in [0.25, 0.3) is 0 Å². The summed E-state index contributed by atoms with van der Waals surface area (Å²) in [6.45, 7) is 3.38. The van der Waals surface area contributed by atoms with Gasteiger partial charge in [0.2, 0.25) is 0 Å². The first-order valence-corrected chi connectivity index (χ1v) is 5.66. The van der Waals surface area contributed by atoms with E-state index in [0.717, 1.165) is 6.61 Å². The van der Waals surface area contributed by atoms with Gasteiger partial charge in [-0.05, 0) is 19.5 Å². The predicted molar refractivity (Wildman–Crippen MR) is 65.5 cm³/mol. The Hall–Kier alpha value is -0.900. The van der Waals surface area contributed by atoms with E-state index in [2.05, 4.69) is 17.4 Å². The Labute approximate surface area is 97.8 Å². The number of hydrogen-bond acceptors (Lipinski definition) is 3. The van der Waals surface area contributed by atoms with Gasteiger partial charge in [0.1, 0.15) is 0 Å². The van der Waals surface area contributed by atoms with Gasteiger partial charge in [0.15, 0.2) is 0 Å². The Morgan fingerprint density at radius 3 is 2.44 bits per heavy atom. The van der Waals surface area contributed by atoms with Crippen LogP contribution in [0.15, 0.2) is 30.3 Å². The molecule has 1 aromatic rings. The zero-order chi connectivity index (χ0) is 11.8. The van der Waals surface area contributed by atoms with Crippen molar-refractivity contribution < 1.29 is 9.47 Å². The van der Waals surface area contributed by atoms with Crippen molar-refractivity contribution in [1.29, 1.82) is 0 Å². The lowest BCUT2D eigenvalue weighted by Crippen LogP contribution is -2.37. The van der Waals surface area contributed by atoms with E-state index in [1.165, 1.54) is 5.56 Å². The van der Waals surface area contributed by atoms with Crippen LogP contribution in [-0.2, 0) is 9.47 Å². The van der Waals surface area contributed by atoms with Crippen LogP contribution >= 0.6 is 0 Å². The molecule has 0 bridgehead atoms. The summed E-state index contributed by atoms with van der Waals surface area (Å²) >= 11 is 0. The van der Waals surface area contributed by atoms with E-state index < -0.39 is 0 Å². The van der Waals surface area contributed by atoms with Crippen LogP contribution in [0.5, 0.6) is 0 Å². The summed E-state index contributed by atoms with van der Waals surface area (Å²) in [5.74, 6) is 0. The maximum Gasteiger partial charge on any atom is 0.0996 e. The van der Waals surface area contributed by atoms with Gasteiger partial charge >= 0.3 is 0 Å².